The van der Waals surface area contributed by atoms with Crippen molar-refractivity contribution in [3.05, 3.63) is 101 Å². The first-order chi connectivity index (χ1) is 17.8. The highest BCUT2D eigenvalue weighted by Crippen LogP contribution is 2.43. The van der Waals surface area contributed by atoms with Gasteiger partial charge in [0.2, 0.25) is 0 Å². The Morgan fingerprint density at radius 3 is 2.68 bits per heavy atom. The van der Waals surface area contributed by atoms with Crippen LogP contribution < -0.4 is 4.74 Å². The summed E-state index contributed by atoms with van der Waals surface area (Å²) >= 11 is 0. The van der Waals surface area contributed by atoms with Gasteiger partial charge in [-0.15, -0.1) is 0 Å². The number of hydrogen-bond acceptors (Lipinski definition) is 5. The van der Waals surface area contributed by atoms with Crippen molar-refractivity contribution in [2.45, 2.75) is 33.4 Å². The van der Waals surface area contributed by atoms with Crippen molar-refractivity contribution < 1.29 is 19.4 Å². The summed E-state index contributed by atoms with van der Waals surface area (Å²) in [5.41, 5.74) is 3.77. The Morgan fingerprint density at radius 1 is 1.14 bits per heavy atom. The smallest absolute Gasteiger partial charge is 0.295 e. The van der Waals surface area contributed by atoms with Gasteiger partial charge in [-0.05, 0) is 54.3 Å². The lowest BCUT2D eigenvalue weighted by Crippen LogP contribution is -2.29. The summed E-state index contributed by atoms with van der Waals surface area (Å²) in [6, 6.07) is 15.9. The van der Waals surface area contributed by atoms with E-state index in [9.17, 15) is 14.7 Å². The number of para-hydroxylation sites is 1. The third kappa shape index (κ3) is 4.60. The number of hydrogen-bond donors (Lipinski definition) is 2. The molecule has 3 heterocycles. The number of pyridine rings is 1. The van der Waals surface area contributed by atoms with E-state index in [0.29, 0.717) is 18.1 Å². The Hall–Kier alpha value is -4.39. The van der Waals surface area contributed by atoms with Gasteiger partial charge in [-0.2, -0.15) is 0 Å². The maximum absolute atomic E-state index is 13.4. The summed E-state index contributed by atoms with van der Waals surface area (Å²) in [4.78, 5) is 35.7. The third-order valence-electron chi connectivity index (χ3n) is 6.55. The number of amides is 1. The van der Waals surface area contributed by atoms with Gasteiger partial charge in [0.15, 0.2) is 0 Å². The van der Waals surface area contributed by atoms with Crippen molar-refractivity contribution in [2.75, 3.05) is 6.61 Å². The molecule has 1 atom stereocenters. The molecule has 188 valence electrons. The summed E-state index contributed by atoms with van der Waals surface area (Å²) in [7, 11) is 0. The molecule has 0 radical (unpaired) electrons. The zero-order chi connectivity index (χ0) is 26.1. The van der Waals surface area contributed by atoms with Gasteiger partial charge in [0.25, 0.3) is 11.7 Å². The fourth-order valence-electron chi connectivity index (χ4n) is 4.75. The summed E-state index contributed by atoms with van der Waals surface area (Å²) < 4.78 is 5.87. The van der Waals surface area contributed by atoms with Gasteiger partial charge in [-0.3, -0.25) is 14.6 Å². The molecule has 7 heteroatoms. The number of Topliss-reactive ketones (excluding diaryl/α,β-unsaturated/α-hetero) is 1. The van der Waals surface area contributed by atoms with Crippen molar-refractivity contribution in [2.24, 2.45) is 5.92 Å². The van der Waals surface area contributed by atoms with Crippen LogP contribution in [0.3, 0.4) is 0 Å². The minimum Gasteiger partial charge on any atom is -0.507 e. The number of rotatable bonds is 7. The number of H-pyrrole nitrogens is 1. The van der Waals surface area contributed by atoms with Crippen LogP contribution in [0.5, 0.6) is 5.75 Å². The lowest BCUT2D eigenvalue weighted by atomic mass is 9.94. The van der Waals surface area contributed by atoms with Crippen LogP contribution >= 0.6 is 0 Å². The molecule has 7 nitrogen and oxygen atoms in total. The van der Waals surface area contributed by atoms with Crippen LogP contribution in [-0.4, -0.2) is 38.3 Å². The number of ether oxygens (including phenoxy) is 1. The topological polar surface area (TPSA) is 95.5 Å². The van der Waals surface area contributed by atoms with Crippen LogP contribution in [0, 0.1) is 12.8 Å². The summed E-state index contributed by atoms with van der Waals surface area (Å²) in [5.74, 6) is -0.487. The second kappa shape index (κ2) is 9.93. The Balaban J connectivity index is 1.63. The molecule has 2 aromatic carbocycles. The largest absolute Gasteiger partial charge is 0.507 e. The van der Waals surface area contributed by atoms with E-state index in [-0.39, 0.29) is 17.9 Å². The van der Waals surface area contributed by atoms with Crippen LogP contribution in [-0.2, 0) is 16.1 Å². The molecule has 5 rings (SSSR count). The Bertz CT molecular complexity index is 1500. The van der Waals surface area contributed by atoms with Crippen LogP contribution in [0.4, 0.5) is 0 Å². The molecule has 2 aromatic heterocycles. The Labute approximate surface area is 215 Å². The molecule has 1 amide bonds. The number of fused-ring (bicyclic) bond motifs is 1. The van der Waals surface area contributed by atoms with Gasteiger partial charge in [-0.1, -0.05) is 38.1 Å². The van der Waals surface area contributed by atoms with Crippen molar-refractivity contribution in [1.29, 1.82) is 0 Å². The van der Waals surface area contributed by atoms with Gasteiger partial charge in [-0.25, -0.2) is 0 Å². The molecule has 2 N–H and O–H groups in total. The van der Waals surface area contributed by atoms with Crippen molar-refractivity contribution >= 4 is 28.4 Å². The van der Waals surface area contributed by atoms with E-state index in [4.69, 9.17) is 4.74 Å². The molecule has 1 aliphatic rings. The molecule has 0 aliphatic carbocycles. The lowest BCUT2D eigenvalue weighted by Gasteiger charge is -2.25. The number of likely N-dealkylation sites (tertiary alicyclic amines) is 1. The number of aromatic nitrogens is 2. The first kappa shape index (κ1) is 24.3. The summed E-state index contributed by atoms with van der Waals surface area (Å²) in [5, 5.41) is 12.4. The molecule has 0 saturated carbocycles. The molecule has 37 heavy (non-hydrogen) atoms. The van der Waals surface area contributed by atoms with Crippen LogP contribution in [0.1, 0.15) is 42.1 Å². The fraction of sp³-hybridized carbons (Fsp3) is 0.233. The second-order valence-corrected chi connectivity index (χ2v) is 9.76. The van der Waals surface area contributed by atoms with E-state index >= 15 is 0 Å². The number of nitrogens with zero attached hydrogens (tertiary/aromatic N) is 2. The number of ketones is 1. The number of aliphatic hydroxyl groups is 1. The number of aliphatic hydroxyl groups excluding tert-OH is 1. The highest BCUT2D eigenvalue weighted by Gasteiger charge is 2.46. The zero-order valence-electron chi connectivity index (χ0n) is 21.1. The average molecular weight is 496 g/mol. The predicted molar refractivity (Wildman–Crippen MR) is 142 cm³/mol. The number of benzene rings is 2. The van der Waals surface area contributed by atoms with Gasteiger partial charge >= 0.3 is 0 Å². The second-order valence-electron chi connectivity index (χ2n) is 9.76. The van der Waals surface area contributed by atoms with E-state index in [0.717, 1.165) is 33.3 Å². The minimum absolute atomic E-state index is 0.0638. The van der Waals surface area contributed by atoms with Gasteiger partial charge in [0.05, 0.1) is 18.2 Å². The van der Waals surface area contributed by atoms with Crippen LogP contribution in [0.2, 0.25) is 0 Å². The van der Waals surface area contributed by atoms with E-state index < -0.39 is 17.7 Å². The molecule has 1 aliphatic heterocycles. The van der Waals surface area contributed by atoms with E-state index in [1.165, 1.54) is 4.90 Å². The lowest BCUT2D eigenvalue weighted by molar-refractivity contribution is -0.140. The van der Waals surface area contributed by atoms with Crippen molar-refractivity contribution in [1.82, 2.24) is 14.9 Å². The standard InChI is InChI=1S/C30H29N3O4/c1-18(2)17-37-25-11-10-21(13-19(25)3)28(34)26-27(23-15-32-24-9-5-4-8-22(23)24)33(30(36)29(26)35)16-20-7-6-12-31-14-20/h4-15,18,27,32,34H,16-17H2,1-3H3/b28-26+. The van der Waals surface area contributed by atoms with Crippen molar-refractivity contribution in [3.8, 4) is 5.75 Å². The number of aromatic amines is 1. The fourth-order valence-corrected chi connectivity index (χ4v) is 4.75. The SMILES string of the molecule is Cc1cc(/C(O)=C2\C(=O)C(=O)N(Cc3cccnc3)C2c2c[nH]c3ccccc23)ccc1OCC(C)C. The zero-order valence-corrected chi connectivity index (χ0v) is 21.1. The van der Waals surface area contributed by atoms with E-state index in [1.807, 2.05) is 37.3 Å². The number of carbonyl (C=O) groups excluding carboxylic acids is 2. The molecule has 1 unspecified atom stereocenters. The monoisotopic (exact) mass is 495 g/mol. The first-order valence-electron chi connectivity index (χ1n) is 12.3. The first-order valence-corrected chi connectivity index (χ1v) is 12.3. The molecule has 0 bridgehead atoms. The quantitative estimate of drug-likeness (QED) is 0.200. The summed E-state index contributed by atoms with van der Waals surface area (Å²) in [6.07, 6.45) is 5.13. The van der Waals surface area contributed by atoms with E-state index in [2.05, 4.69) is 23.8 Å². The Morgan fingerprint density at radius 2 is 1.95 bits per heavy atom. The maximum Gasteiger partial charge on any atom is 0.295 e. The minimum atomic E-state index is -0.770. The van der Waals surface area contributed by atoms with E-state index in [1.54, 1.807) is 42.9 Å². The average Bonchev–Trinajstić information content (AvgIpc) is 3.42. The molecular formula is C30H29N3O4. The number of aryl methyl sites for hydroxylation is 1. The molecule has 1 saturated heterocycles. The normalized spacial score (nSPS) is 17.2. The highest BCUT2D eigenvalue weighted by atomic mass is 16.5. The van der Waals surface area contributed by atoms with Crippen LogP contribution in [0.25, 0.3) is 16.7 Å². The van der Waals surface area contributed by atoms with Crippen LogP contribution in [0.15, 0.2) is 78.8 Å². The number of carbonyl (C=O) groups is 2. The Kier molecular flexibility index (Phi) is 6.53. The molecule has 4 aromatic rings. The maximum atomic E-state index is 13.4. The highest BCUT2D eigenvalue weighted by molar-refractivity contribution is 6.46. The van der Waals surface area contributed by atoms with Gasteiger partial charge in [0, 0.05) is 47.2 Å². The number of nitrogens with one attached hydrogen (secondary N) is 1. The van der Waals surface area contributed by atoms with Crippen molar-refractivity contribution in [3.63, 3.8) is 0 Å². The molecular weight excluding hydrogens is 466 g/mol. The van der Waals surface area contributed by atoms with Gasteiger partial charge < -0.3 is 19.7 Å². The molecule has 1 fully saturated rings. The predicted octanol–water partition coefficient (Wildman–Crippen LogP) is 5.53. The summed E-state index contributed by atoms with van der Waals surface area (Å²) in [6.45, 7) is 6.80. The third-order valence-corrected chi connectivity index (χ3v) is 6.55. The molecule has 0 spiro atoms. The van der Waals surface area contributed by atoms with Gasteiger partial charge in [0.1, 0.15) is 11.5 Å².